The Hall–Kier alpha value is -4.06. The van der Waals surface area contributed by atoms with Gasteiger partial charge in [0.05, 0.1) is 30.7 Å². The predicted octanol–water partition coefficient (Wildman–Crippen LogP) is 5.65. The average Bonchev–Trinajstić information content (AvgIpc) is 3.16. The van der Waals surface area contributed by atoms with Gasteiger partial charge in [0.2, 0.25) is 5.76 Å². The van der Waals surface area contributed by atoms with Gasteiger partial charge in [-0.3, -0.25) is 14.5 Å². The van der Waals surface area contributed by atoms with Gasteiger partial charge in [0.1, 0.15) is 17.1 Å². The zero-order chi connectivity index (χ0) is 23.8. The maximum Gasteiger partial charge on any atom is 0.295 e. The molecule has 0 bridgehead atoms. The molecule has 6 nitrogen and oxygen atoms in total. The minimum atomic E-state index is -0.628. The maximum atomic E-state index is 13.7. The van der Waals surface area contributed by atoms with Crippen LogP contribution in [0.4, 0.5) is 5.69 Å². The van der Waals surface area contributed by atoms with Crippen molar-refractivity contribution in [3.05, 3.63) is 99.4 Å². The Morgan fingerprint density at radius 3 is 2.32 bits per heavy atom. The molecule has 0 N–H and O–H groups in total. The standard InChI is InChI=1S/C28H25NO5/c1-4-15-33-21-10-6-18(7-11-21)25-24-26(30)22-16-17(2)5-14-23(22)34-27(24)28(31)29(25)19-8-12-20(32-3)13-9-19/h5-14,16,25H,4,15H2,1-3H3. The summed E-state index contributed by atoms with van der Waals surface area (Å²) in [5.74, 6) is 1.15. The first kappa shape index (κ1) is 21.8. The largest absolute Gasteiger partial charge is 0.497 e. The van der Waals surface area contributed by atoms with Gasteiger partial charge in [0, 0.05) is 5.69 Å². The van der Waals surface area contributed by atoms with Crippen molar-refractivity contribution in [1.82, 2.24) is 0 Å². The number of amides is 1. The normalized spacial score (nSPS) is 15.0. The van der Waals surface area contributed by atoms with E-state index in [0.29, 0.717) is 34.6 Å². The summed E-state index contributed by atoms with van der Waals surface area (Å²) in [7, 11) is 1.59. The molecule has 0 spiro atoms. The summed E-state index contributed by atoms with van der Waals surface area (Å²) >= 11 is 0. The Morgan fingerprint density at radius 2 is 1.65 bits per heavy atom. The lowest BCUT2D eigenvalue weighted by atomic mass is 9.97. The fraction of sp³-hybridized carbons (Fsp3) is 0.214. The molecule has 34 heavy (non-hydrogen) atoms. The molecule has 0 fully saturated rings. The highest BCUT2D eigenvalue weighted by atomic mass is 16.5. The number of benzene rings is 3. The molecule has 4 aromatic rings. The number of nitrogens with zero attached hydrogens (tertiary/aromatic N) is 1. The summed E-state index contributed by atoms with van der Waals surface area (Å²) < 4.78 is 17.0. The molecule has 0 radical (unpaired) electrons. The Balaban J connectivity index is 1.70. The van der Waals surface area contributed by atoms with Crippen molar-refractivity contribution in [2.45, 2.75) is 26.3 Å². The van der Waals surface area contributed by atoms with E-state index in [9.17, 15) is 9.59 Å². The number of anilines is 1. The number of hydrogen-bond donors (Lipinski definition) is 0. The van der Waals surface area contributed by atoms with Crippen LogP contribution in [-0.2, 0) is 0 Å². The highest BCUT2D eigenvalue weighted by molar-refractivity contribution is 6.10. The SMILES string of the molecule is CCCOc1ccc(C2c3c(oc4ccc(C)cc4c3=O)C(=O)N2c2ccc(OC)cc2)cc1. The fourth-order valence-electron chi connectivity index (χ4n) is 4.38. The first-order chi connectivity index (χ1) is 16.5. The van der Waals surface area contributed by atoms with Crippen molar-refractivity contribution in [3.63, 3.8) is 0 Å². The zero-order valence-electron chi connectivity index (χ0n) is 19.3. The Morgan fingerprint density at radius 1 is 0.941 bits per heavy atom. The minimum absolute atomic E-state index is 0.0773. The number of methoxy groups -OCH3 is 1. The van der Waals surface area contributed by atoms with Crippen molar-refractivity contribution in [3.8, 4) is 11.5 Å². The molecule has 5 rings (SSSR count). The van der Waals surface area contributed by atoms with Gasteiger partial charge in [-0.2, -0.15) is 0 Å². The van der Waals surface area contributed by atoms with Crippen LogP contribution in [0.1, 0.15) is 46.6 Å². The van der Waals surface area contributed by atoms with Gasteiger partial charge < -0.3 is 13.9 Å². The van der Waals surface area contributed by atoms with Crippen LogP contribution in [0.5, 0.6) is 11.5 Å². The van der Waals surface area contributed by atoms with Crippen LogP contribution in [0.3, 0.4) is 0 Å². The smallest absolute Gasteiger partial charge is 0.295 e. The van der Waals surface area contributed by atoms with Gasteiger partial charge in [-0.25, -0.2) is 0 Å². The molecule has 172 valence electrons. The number of ether oxygens (including phenoxy) is 2. The van der Waals surface area contributed by atoms with Crippen LogP contribution >= 0.6 is 0 Å². The second-order valence-electron chi connectivity index (χ2n) is 8.37. The number of hydrogen-bond acceptors (Lipinski definition) is 5. The summed E-state index contributed by atoms with van der Waals surface area (Å²) in [4.78, 5) is 29.0. The van der Waals surface area contributed by atoms with E-state index in [0.717, 1.165) is 23.3 Å². The van der Waals surface area contributed by atoms with Crippen LogP contribution in [0.15, 0.2) is 75.9 Å². The highest BCUT2D eigenvalue weighted by Gasteiger charge is 2.43. The minimum Gasteiger partial charge on any atom is -0.497 e. The lowest BCUT2D eigenvalue weighted by Crippen LogP contribution is -2.29. The molecule has 1 aliphatic rings. The molecule has 1 atom stereocenters. The Bertz CT molecular complexity index is 1420. The highest BCUT2D eigenvalue weighted by Crippen LogP contribution is 2.42. The van der Waals surface area contributed by atoms with E-state index in [-0.39, 0.29) is 17.1 Å². The van der Waals surface area contributed by atoms with Crippen LogP contribution < -0.4 is 19.8 Å². The van der Waals surface area contributed by atoms with E-state index in [4.69, 9.17) is 13.9 Å². The number of fused-ring (bicyclic) bond motifs is 2. The molecule has 2 heterocycles. The topological polar surface area (TPSA) is 69.0 Å². The first-order valence-corrected chi connectivity index (χ1v) is 11.3. The van der Waals surface area contributed by atoms with Crippen molar-refractivity contribution in [1.29, 1.82) is 0 Å². The molecular weight excluding hydrogens is 430 g/mol. The number of carbonyl (C=O) groups is 1. The summed E-state index contributed by atoms with van der Waals surface area (Å²) in [6, 6.07) is 19.5. The molecule has 1 amide bonds. The second kappa shape index (κ2) is 8.71. The van der Waals surface area contributed by atoms with E-state index in [1.54, 1.807) is 36.3 Å². The van der Waals surface area contributed by atoms with Crippen LogP contribution in [-0.4, -0.2) is 19.6 Å². The van der Waals surface area contributed by atoms with Crippen molar-refractivity contribution in [2.24, 2.45) is 0 Å². The van der Waals surface area contributed by atoms with Crippen LogP contribution in [0.2, 0.25) is 0 Å². The number of aryl methyl sites for hydroxylation is 1. The van der Waals surface area contributed by atoms with E-state index < -0.39 is 6.04 Å². The van der Waals surface area contributed by atoms with Crippen molar-refractivity contribution in [2.75, 3.05) is 18.6 Å². The lowest BCUT2D eigenvalue weighted by Gasteiger charge is -2.25. The molecule has 1 aliphatic heterocycles. The third kappa shape index (κ3) is 3.61. The molecule has 1 unspecified atom stereocenters. The molecule has 0 saturated carbocycles. The predicted molar refractivity (Wildman–Crippen MR) is 131 cm³/mol. The quantitative estimate of drug-likeness (QED) is 0.376. The zero-order valence-corrected chi connectivity index (χ0v) is 19.3. The summed E-state index contributed by atoms with van der Waals surface area (Å²) in [6.45, 7) is 4.60. The van der Waals surface area contributed by atoms with E-state index in [1.165, 1.54) is 0 Å². The monoisotopic (exact) mass is 455 g/mol. The average molecular weight is 456 g/mol. The van der Waals surface area contributed by atoms with E-state index >= 15 is 0 Å². The number of rotatable bonds is 6. The second-order valence-corrected chi connectivity index (χ2v) is 8.37. The lowest BCUT2D eigenvalue weighted by molar-refractivity contribution is 0.0971. The Kier molecular flexibility index (Phi) is 5.57. The van der Waals surface area contributed by atoms with Crippen molar-refractivity contribution >= 4 is 22.6 Å². The Labute approximate surface area is 197 Å². The molecule has 6 heteroatoms. The van der Waals surface area contributed by atoms with E-state index in [2.05, 4.69) is 0 Å². The molecule has 3 aromatic carbocycles. The molecule has 1 aromatic heterocycles. The van der Waals surface area contributed by atoms with Gasteiger partial charge >= 0.3 is 0 Å². The summed E-state index contributed by atoms with van der Waals surface area (Å²) in [5.41, 5.74) is 2.95. The van der Waals surface area contributed by atoms with E-state index in [1.807, 2.05) is 56.3 Å². The van der Waals surface area contributed by atoms with Gasteiger partial charge in [-0.05, 0) is 67.4 Å². The van der Waals surface area contributed by atoms with Gasteiger partial charge in [-0.15, -0.1) is 0 Å². The number of carbonyl (C=O) groups excluding carboxylic acids is 1. The molecular formula is C28H25NO5. The molecule has 0 aliphatic carbocycles. The van der Waals surface area contributed by atoms with Gasteiger partial charge in [-0.1, -0.05) is 30.7 Å². The third-order valence-corrected chi connectivity index (χ3v) is 6.04. The summed E-state index contributed by atoms with van der Waals surface area (Å²) in [5, 5.41) is 0.469. The van der Waals surface area contributed by atoms with Crippen LogP contribution in [0, 0.1) is 6.92 Å². The molecule has 0 saturated heterocycles. The first-order valence-electron chi connectivity index (χ1n) is 11.3. The summed E-state index contributed by atoms with van der Waals surface area (Å²) in [6.07, 6.45) is 0.908. The van der Waals surface area contributed by atoms with Gasteiger partial charge in [0.15, 0.2) is 5.43 Å². The third-order valence-electron chi connectivity index (χ3n) is 6.04. The fourth-order valence-corrected chi connectivity index (χ4v) is 4.38. The maximum absolute atomic E-state index is 13.7. The van der Waals surface area contributed by atoms with Crippen molar-refractivity contribution < 1.29 is 18.7 Å². The van der Waals surface area contributed by atoms with Crippen LogP contribution in [0.25, 0.3) is 11.0 Å². The van der Waals surface area contributed by atoms with Gasteiger partial charge in [0.25, 0.3) is 5.91 Å².